The number of amides is 4. The van der Waals surface area contributed by atoms with E-state index in [0.29, 0.717) is 11.1 Å². The van der Waals surface area contributed by atoms with Gasteiger partial charge in [-0.1, -0.05) is 46.9 Å². The molecule has 0 saturated carbocycles. The van der Waals surface area contributed by atoms with Gasteiger partial charge in [0.2, 0.25) is 0 Å². The molecule has 1 N–H and O–H groups in total. The highest BCUT2D eigenvalue weighted by Crippen LogP contribution is 2.38. The van der Waals surface area contributed by atoms with Crippen molar-refractivity contribution in [3.63, 3.8) is 0 Å². The number of methoxy groups -OCH3 is 1. The average molecular weight is 550 g/mol. The maximum atomic E-state index is 13.1. The highest BCUT2D eigenvalue weighted by molar-refractivity contribution is 6.43. The third-order valence-electron chi connectivity index (χ3n) is 5.12. The number of imide groups is 2. The van der Waals surface area contributed by atoms with Crippen LogP contribution in [-0.4, -0.2) is 25.0 Å². The zero-order valence-electron chi connectivity index (χ0n) is 18.5. The molecule has 1 fully saturated rings. The van der Waals surface area contributed by atoms with Crippen LogP contribution in [0.3, 0.4) is 0 Å². The molecule has 3 aromatic carbocycles. The third kappa shape index (κ3) is 5.31. The Hall–Kier alpha value is -3.59. The maximum absolute atomic E-state index is 13.1. The van der Waals surface area contributed by atoms with Gasteiger partial charge < -0.3 is 9.47 Å². The quantitative estimate of drug-likeness (QED) is 0.299. The van der Waals surface area contributed by atoms with Crippen molar-refractivity contribution in [2.45, 2.75) is 6.61 Å². The lowest BCUT2D eigenvalue weighted by molar-refractivity contribution is -0.122. The standard InChI is InChI=1S/C25H16Cl3FN2O5/c1-35-21-10-14(9-20(28)22(21)36-12-13-2-4-15(29)5-3-13)8-17-23(32)30-25(34)31(24(17)33)16-6-7-18(26)19(27)11-16/h2-11H,12H2,1H3,(H,30,32,34)/b17-8+. The van der Waals surface area contributed by atoms with Gasteiger partial charge in [0.15, 0.2) is 11.5 Å². The van der Waals surface area contributed by atoms with Crippen LogP contribution in [0.1, 0.15) is 11.1 Å². The lowest BCUT2D eigenvalue weighted by atomic mass is 10.1. The molecule has 36 heavy (non-hydrogen) atoms. The molecule has 0 spiro atoms. The molecule has 1 aliphatic heterocycles. The number of urea groups is 1. The molecule has 0 aromatic heterocycles. The summed E-state index contributed by atoms with van der Waals surface area (Å²) in [5, 5.41) is 2.64. The van der Waals surface area contributed by atoms with E-state index >= 15 is 0 Å². The van der Waals surface area contributed by atoms with Crippen molar-refractivity contribution in [3.8, 4) is 11.5 Å². The molecule has 0 aliphatic carbocycles. The van der Waals surface area contributed by atoms with Crippen LogP contribution in [0.25, 0.3) is 6.08 Å². The second kappa shape index (κ2) is 10.6. The molecule has 1 heterocycles. The van der Waals surface area contributed by atoms with E-state index in [1.807, 2.05) is 0 Å². The van der Waals surface area contributed by atoms with Crippen molar-refractivity contribution in [2.24, 2.45) is 0 Å². The molecule has 0 bridgehead atoms. The van der Waals surface area contributed by atoms with Gasteiger partial charge in [-0.25, -0.2) is 14.1 Å². The maximum Gasteiger partial charge on any atom is 0.335 e. The van der Waals surface area contributed by atoms with E-state index < -0.39 is 17.8 Å². The van der Waals surface area contributed by atoms with Gasteiger partial charge in [0, 0.05) is 0 Å². The highest BCUT2D eigenvalue weighted by atomic mass is 35.5. The Bertz CT molecular complexity index is 1410. The summed E-state index contributed by atoms with van der Waals surface area (Å²) in [6.07, 6.45) is 1.27. The molecular weight excluding hydrogens is 534 g/mol. The van der Waals surface area contributed by atoms with Gasteiger partial charge in [-0.15, -0.1) is 0 Å². The summed E-state index contributed by atoms with van der Waals surface area (Å²) in [6.45, 7) is 0.0956. The summed E-state index contributed by atoms with van der Waals surface area (Å²) in [7, 11) is 1.40. The molecular formula is C25H16Cl3FN2O5. The lowest BCUT2D eigenvalue weighted by Crippen LogP contribution is -2.54. The van der Waals surface area contributed by atoms with Gasteiger partial charge in [-0.2, -0.15) is 0 Å². The minimum atomic E-state index is -0.930. The van der Waals surface area contributed by atoms with E-state index in [2.05, 4.69) is 5.32 Å². The van der Waals surface area contributed by atoms with Gasteiger partial charge in [0.1, 0.15) is 18.0 Å². The number of hydrogen-bond acceptors (Lipinski definition) is 5. The molecule has 0 unspecified atom stereocenters. The lowest BCUT2D eigenvalue weighted by Gasteiger charge is -2.26. The van der Waals surface area contributed by atoms with E-state index in [1.165, 1.54) is 55.7 Å². The number of benzene rings is 3. The fourth-order valence-electron chi connectivity index (χ4n) is 3.38. The number of carbonyl (C=O) groups excluding carboxylic acids is 3. The van der Waals surface area contributed by atoms with Crippen molar-refractivity contribution in [3.05, 3.63) is 92.2 Å². The summed E-state index contributed by atoms with van der Waals surface area (Å²) in [6, 6.07) is 12.0. The first-order valence-corrected chi connectivity index (χ1v) is 11.4. The van der Waals surface area contributed by atoms with Crippen molar-refractivity contribution in [1.29, 1.82) is 0 Å². The number of halogens is 4. The third-order valence-corrected chi connectivity index (χ3v) is 6.14. The fraction of sp³-hybridized carbons (Fsp3) is 0.0800. The molecule has 11 heteroatoms. The second-order valence-corrected chi connectivity index (χ2v) is 8.73. The molecule has 184 valence electrons. The van der Waals surface area contributed by atoms with E-state index in [1.54, 1.807) is 12.1 Å². The first-order chi connectivity index (χ1) is 17.2. The van der Waals surface area contributed by atoms with Gasteiger partial charge in [-0.05, 0) is 59.7 Å². The zero-order valence-corrected chi connectivity index (χ0v) is 20.7. The molecule has 0 radical (unpaired) electrons. The SMILES string of the molecule is COc1cc(/C=C2\C(=O)NC(=O)N(c3ccc(Cl)c(Cl)c3)C2=O)cc(Cl)c1OCc1ccc(F)cc1. The molecule has 4 amide bonds. The number of rotatable bonds is 6. The van der Waals surface area contributed by atoms with Crippen LogP contribution in [0.5, 0.6) is 11.5 Å². The number of nitrogens with one attached hydrogen (secondary N) is 1. The normalized spacial score (nSPS) is 14.8. The Morgan fingerprint density at radius 3 is 2.33 bits per heavy atom. The van der Waals surface area contributed by atoms with Crippen LogP contribution in [-0.2, 0) is 16.2 Å². The van der Waals surface area contributed by atoms with E-state index in [0.717, 1.165) is 4.90 Å². The molecule has 0 atom stereocenters. The molecule has 1 aliphatic rings. The highest BCUT2D eigenvalue weighted by Gasteiger charge is 2.37. The second-order valence-electron chi connectivity index (χ2n) is 7.51. The zero-order chi connectivity index (χ0) is 26.0. The predicted octanol–water partition coefficient (Wildman–Crippen LogP) is 6.04. The number of barbiturate groups is 1. The minimum absolute atomic E-state index is 0.0956. The van der Waals surface area contributed by atoms with Gasteiger partial charge >= 0.3 is 6.03 Å². The largest absolute Gasteiger partial charge is 0.493 e. The Morgan fingerprint density at radius 1 is 0.944 bits per heavy atom. The first kappa shape index (κ1) is 25.5. The molecule has 1 saturated heterocycles. The number of anilines is 1. The van der Waals surface area contributed by atoms with E-state index in [-0.39, 0.29) is 50.3 Å². The van der Waals surface area contributed by atoms with Crippen LogP contribution in [0.15, 0.2) is 60.2 Å². The van der Waals surface area contributed by atoms with E-state index in [4.69, 9.17) is 44.3 Å². The number of carbonyl (C=O) groups is 3. The van der Waals surface area contributed by atoms with Crippen molar-refractivity contribution >= 4 is 64.4 Å². The Labute approximate surface area is 220 Å². The monoisotopic (exact) mass is 548 g/mol. The summed E-state index contributed by atoms with van der Waals surface area (Å²) in [5.74, 6) is -1.66. The van der Waals surface area contributed by atoms with Crippen LogP contribution in [0.2, 0.25) is 15.1 Å². The number of ether oxygens (including phenoxy) is 2. The summed E-state index contributed by atoms with van der Waals surface area (Å²) >= 11 is 18.3. The minimum Gasteiger partial charge on any atom is -0.493 e. The van der Waals surface area contributed by atoms with Crippen molar-refractivity contribution < 1.29 is 28.2 Å². The van der Waals surface area contributed by atoms with E-state index in [9.17, 15) is 18.8 Å². The smallest absolute Gasteiger partial charge is 0.335 e. The Balaban J connectivity index is 1.64. The summed E-state index contributed by atoms with van der Waals surface area (Å²) in [5.41, 5.74) is 0.856. The fourth-order valence-corrected chi connectivity index (χ4v) is 3.95. The van der Waals surface area contributed by atoms with Crippen LogP contribution >= 0.6 is 34.8 Å². The Kier molecular flexibility index (Phi) is 7.49. The van der Waals surface area contributed by atoms with Gasteiger partial charge in [-0.3, -0.25) is 14.9 Å². The molecule has 7 nitrogen and oxygen atoms in total. The van der Waals surface area contributed by atoms with Crippen molar-refractivity contribution in [2.75, 3.05) is 12.0 Å². The topological polar surface area (TPSA) is 84.9 Å². The number of hydrogen-bond donors (Lipinski definition) is 1. The van der Waals surface area contributed by atoms with Crippen LogP contribution < -0.4 is 19.7 Å². The Morgan fingerprint density at radius 2 is 1.67 bits per heavy atom. The number of nitrogens with zero attached hydrogens (tertiary/aromatic N) is 1. The molecule has 3 aromatic rings. The van der Waals surface area contributed by atoms with Crippen LogP contribution in [0, 0.1) is 5.82 Å². The summed E-state index contributed by atoms with van der Waals surface area (Å²) < 4.78 is 24.3. The van der Waals surface area contributed by atoms with Gasteiger partial charge in [0.25, 0.3) is 11.8 Å². The predicted molar refractivity (Wildman–Crippen MR) is 134 cm³/mol. The van der Waals surface area contributed by atoms with Crippen LogP contribution in [0.4, 0.5) is 14.9 Å². The van der Waals surface area contributed by atoms with Crippen molar-refractivity contribution in [1.82, 2.24) is 5.32 Å². The first-order valence-electron chi connectivity index (χ1n) is 10.3. The van der Waals surface area contributed by atoms with Gasteiger partial charge in [0.05, 0.1) is 27.9 Å². The summed E-state index contributed by atoms with van der Waals surface area (Å²) in [4.78, 5) is 38.8. The average Bonchev–Trinajstić information content (AvgIpc) is 2.84. The molecule has 4 rings (SSSR count).